The van der Waals surface area contributed by atoms with Crippen molar-refractivity contribution in [3.05, 3.63) is 60.4 Å². The van der Waals surface area contributed by atoms with Crippen LogP contribution < -0.4 is 15.4 Å². The lowest BCUT2D eigenvalue weighted by Gasteiger charge is -2.11. The Bertz CT molecular complexity index is 811. The van der Waals surface area contributed by atoms with Gasteiger partial charge in [0.25, 0.3) is 0 Å². The second kappa shape index (κ2) is 10.2. The average molecular weight is 365 g/mol. The molecule has 0 unspecified atom stereocenters. The molecule has 0 aliphatic carbocycles. The van der Waals surface area contributed by atoms with E-state index in [1.54, 1.807) is 0 Å². The van der Waals surface area contributed by atoms with E-state index in [0.29, 0.717) is 13.2 Å². The number of para-hydroxylation sites is 3. The Kier molecular flexibility index (Phi) is 7.09. The van der Waals surface area contributed by atoms with E-state index in [-0.39, 0.29) is 0 Å². The number of guanidine groups is 1. The highest BCUT2D eigenvalue weighted by atomic mass is 16.5. The SMILES string of the molecule is CCNC(=NCCCOc1ccccc1)NCCc1nc2ccccc2[nH]1. The van der Waals surface area contributed by atoms with Gasteiger partial charge in [-0.25, -0.2) is 4.98 Å². The van der Waals surface area contributed by atoms with Crippen molar-refractivity contribution in [3.8, 4) is 5.75 Å². The van der Waals surface area contributed by atoms with E-state index in [0.717, 1.165) is 54.5 Å². The summed E-state index contributed by atoms with van der Waals surface area (Å²) in [4.78, 5) is 12.5. The van der Waals surface area contributed by atoms with Crippen LogP contribution in [0.1, 0.15) is 19.2 Å². The van der Waals surface area contributed by atoms with Gasteiger partial charge in [0.2, 0.25) is 0 Å². The number of nitrogens with zero attached hydrogens (tertiary/aromatic N) is 2. The second-order valence-corrected chi connectivity index (χ2v) is 6.15. The van der Waals surface area contributed by atoms with Gasteiger partial charge in [0, 0.05) is 32.5 Å². The number of rotatable bonds is 9. The van der Waals surface area contributed by atoms with Crippen LogP contribution >= 0.6 is 0 Å². The number of imidazole rings is 1. The molecule has 0 amide bonds. The molecule has 0 saturated heterocycles. The number of aromatic amines is 1. The van der Waals surface area contributed by atoms with E-state index >= 15 is 0 Å². The molecule has 1 heterocycles. The number of H-pyrrole nitrogens is 1. The zero-order valence-corrected chi connectivity index (χ0v) is 15.7. The van der Waals surface area contributed by atoms with Crippen molar-refractivity contribution in [2.45, 2.75) is 19.8 Å². The molecule has 0 atom stereocenters. The zero-order chi connectivity index (χ0) is 18.7. The number of aromatic nitrogens is 2. The topological polar surface area (TPSA) is 74.3 Å². The predicted octanol–water partition coefficient (Wildman–Crippen LogP) is 3.13. The van der Waals surface area contributed by atoms with Crippen molar-refractivity contribution < 1.29 is 4.74 Å². The van der Waals surface area contributed by atoms with Crippen molar-refractivity contribution in [3.63, 3.8) is 0 Å². The number of ether oxygens (including phenoxy) is 1. The average Bonchev–Trinajstić information content (AvgIpc) is 3.11. The summed E-state index contributed by atoms with van der Waals surface area (Å²) in [5.74, 6) is 2.71. The molecule has 27 heavy (non-hydrogen) atoms. The number of nitrogens with one attached hydrogen (secondary N) is 3. The third-order valence-electron chi connectivity index (χ3n) is 4.02. The quantitative estimate of drug-likeness (QED) is 0.309. The monoisotopic (exact) mass is 365 g/mol. The van der Waals surface area contributed by atoms with Crippen LogP contribution in [-0.2, 0) is 6.42 Å². The fourth-order valence-electron chi connectivity index (χ4n) is 2.73. The standard InChI is InChI=1S/C21H27N5O/c1-2-22-21(23-14-8-16-27-17-9-4-3-5-10-17)24-15-13-20-25-18-11-6-7-12-19(18)26-20/h3-7,9-12H,2,8,13-16H2,1H3,(H,25,26)(H2,22,23,24). The molecule has 6 heteroatoms. The molecule has 142 valence electrons. The van der Waals surface area contributed by atoms with Crippen molar-refractivity contribution in [1.29, 1.82) is 0 Å². The van der Waals surface area contributed by atoms with Crippen molar-refractivity contribution in [2.24, 2.45) is 4.99 Å². The van der Waals surface area contributed by atoms with E-state index in [1.165, 1.54) is 0 Å². The first-order valence-electron chi connectivity index (χ1n) is 9.49. The van der Waals surface area contributed by atoms with Gasteiger partial charge >= 0.3 is 0 Å². The highest BCUT2D eigenvalue weighted by Crippen LogP contribution is 2.10. The number of benzene rings is 2. The van der Waals surface area contributed by atoms with Crippen LogP contribution in [0.4, 0.5) is 0 Å². The Morgan fingerprint density at radius 1 is 1.07 bits per heavy atom. The summed E-state index contributed by atoms with van der Waals surface area (Å²) in [6, 6.07) is 17.9. The minimum absolute atomic E-state index is 0.659. The summed E-state index contributed by atoms with van der Waals surface area (Å²) >= 11 is 0. The Balaban J connectivity index is 1.40. The number of hydrogen-bond donors (Lipinski definition) is 3. The summed E-state index contributed by atoms with van der Waals surface area (Å²) < 4.78 is 5.69. The number of aliphatic imine (C=N–C) groups is 1. The lowest BCUT2D eigenvalue weighted by Crippen LogP contribution is -2.38. The number of fused-ring (bicyclic) bond motifs is 1. The van der Waals surface area contributed by atoms with Gasteiger partial charge in [0.1, 0.15) is 11.6 Å². The Labute approximate surface area is 160 Å². The third-order valence-corrected chi connectivity index (χ3v) is 4.02. The molecule has 0 bridgehead atoms. The normalized spacial score (nSPS) is 11.5. The van der Waals surface area contributed by atoms with Crippen LogP contribution in [0.25, 0.3) is 11.0 Å². The third kappa shape index (κ3) is 6.02. The molecule has 0 aliphatic rings. The maximum absolute atomic E-state index is 5.69. The van der Waals surface area contributed by atoms with Crippen LogP contribution in [-0.4, -0.2) is 42.2 Å². The van der Waals surface area contributed by atoms with Gasteiger partial charge in [0.15, 0.2) is 5.96 Å². The van der Waals surface area contributed by atoms with Gasteiger partial charge in [0.05, 0.1) is 17.6 Å². The molecule has 1 aromatic heterocycles. The van der Waals surface area contributed by atoms with Crippen LogP contribution in [0.2, 0.25) is 0 Å². The lowest BCUT2D eigenvalue weighted by atomic mass is 10.3. The van der Waals surface area contributed by atoms with Gasteiger partial charge in [-0.3, -0.25) is 4.99 Å². The predicted molar refractivity (Wildman–Crippen MR) is 110 cm³/mol. The Morgan fingerprint density at radius 3 is 2.70 bits per heavy atom. The molecule has 3 rings (SSSR count). The Hall–Kier alpha value is -3.02. The summed E-state index contributed by atoms with van der Waals surface area (Å²) in [7, 11) is 0. The smallest absolute Gasteiger partial charge is 0.191 e. The first-order valence-corrected chi connectivity index (χ1v) is 9.49. The summed E-state index contributed by atoms with van der Waals surface area (Å²) in [5.41, 5.74) is 2.08. The highest BCUT2D eigenvalue weighted by molar-refractivity contribution is 5.79. The zero-order valence-electron chi connectivity index (χ0n) is 15.7. The van der Waals surface area contributed by atoms with Crippen LogP contribution in [0.5, 0.6) is 5.75 Å². The molecular formula is C21H27N5O. The van der Waals surface area contributed by atoms with Crippen LogP contribution in [0, 0.1) is 0 Å². The first kappa shape index (κ1) is 18.8. The van der Waals surface area contributed by atoms with Crippen LogP contribution in [0.15, 0.2) is 59.6 Å². The molecule has 2 aromatic carbocycles. The largest absolute Gasteiger partial charge is 0.494 e. The fourth-order valence-corrected chi connectivity index (χ4v) is 2.73. The van der Waals surface area contributed by atoms with Crippen molar-refractivity contribution in [1.82, 2.24) is 20.6 Å². The van der Waals surface area contributed by atoms with Gasteiger partial charge in [-0.1, -0.05) is 30.3 Å². The molecule has 0 fully saturated rings. The van der Waals surface area contributed by atoms with E-state index < -0.39 is 0 Å². The van der Waals surface area contributed by atoms with Gasteiger partial charge in [-0.2, -0.15) is 0 Å². The van der Waals surface area contributed by atoms with Crippen molar-refractivity contribution >= 4 is 17.0 Å². The van der Waals surface area contributed by atoms with Gasteiger partial charge < -0.3 is 20.4 Å². The van der Waals surface area contributed by atoms with E-state index in [9.17, 15) is 0 Å². The highest BCUT2D eigenvalue weighted by Gasteiger charge is 2.03. The number of hydrogen-bond acceptors (Lipinski definition) is 3. The minimum Gasteiger partial charge on any atom is -0.494 e. The summed E-state index contributed by atoms with van der Waals surface area (Å²) in [6.07, 6.45) is 1.69. The van der Waals surface area contributed by atoms with Crippen LogP contribution in [0.3, 0.4) is 0 Å². The van der Waals surface area contributed by atoms with Crippen molar-refractivity contribution in [2.75, 3.05) is 26.2 Å². The fraction of sp³-hybridized carbons (Fsp3) is 0.333. The van der Waals surface area contributed by atoms with E-state index in [2.05, 4.69) is 32.5 Å². The second-order valence-electron chi connectivity index (χ2n) is 6.15. The minimum atomic E-state index is 0.659. The van der Waals surface area contributed by atoms with E-state index in [1.807, 2.05) is 54.6 Å². The molecular weight excluding hydrogens is 338 g/mol. The van der Waals surface area contributed by atoms with Gasteiger partial charge in [-0.05, 0) is 31.2 Å². The lowest BCUT2D eigenvalue weighted by molar-refractivity contribution is 0.313. The van der Waals surface area contributed by atoms with Gasteiger partial charge in [-0.15, -0.1) is 0 Å². The molecule has 0 spiro atoms. The maximum atomic E-state index is 5.69. The summed E-state index contributed by atoms with van der Waals surface area (Å²) in [5, 5.41) is 6.63. The maximum Gasteiger partial charge on any atom is 0.191 e. The first-order chi connectivity index (χ1) is 13.3. The molecule has 0 radical (unpaired) electrons. The summed E-state index contributed by atoms with van der Waals surface area (Å²) in [6.45, 7) is 5.04. The molecule has 3 aromatic rings. The molecule has 0 aliphatic heterocycles. The van der Waals surface area contributed by atoms with E-state index in [4.69, 9.17) is 4.74 Å². The molecule has 0 saturated carbocycles. The molecule has 3 N–H and O–H groups in total. The Morgan fingerprint density at radius 2 is 1.89 bits per heavy atom. The molecule has 6 nitrogen and oxygen atoms in total.